The quantitative estimate of drug-likeness (QED) is 0.593. The number of nitrogens with zero attached hydrogens (tertiary/aromatic N) is 3. The van der Waals surface area contributed by atoms with Crippen molar-refractivity contribution in [3.05, 3.63) is 60.5 Å². The summed E-state index contributed by atoms with van der Waals surface area (Å²) < 4.78 is 17.3. The third kappa shape index (κ3) is 4.51. The number of aryl methyl sites for hydroxylation is 1. The van der Waals surface area contributed by atoms with E-state index in [1.807, 2.05) is 54.6 Å². The van der Waals surface area contributed by atoms with Crippen LogP contribution in [-0.2, 0) is 6.42 Å². The molecule has 6 heteroatoms. The first kappa shape index (κ1) is 18.5. The summed E-state index contributed by atoms with van der Waals surface area (Å²) in [5, 5.41) is 4.08. The molecule has 0 spiro atoms. The van der Waals surface area contributed by atoms with Gasteiger partial charge < -0.3 is 14.0 Å². The molecule has 1 unspecified atom stereocenters. The normalized spacial score (nSPS) is 15.7. The number of hydrogen-bond acceptors (Lipinski definition) is 6. The summed E-state index contributed by atoms with van der Waals surface area (Å²) in [7, 11) is 0. The van der Waals surface area contributed by atoms with E-state index in [0.717, 1.165) is 49.5 Å². The number of aromatic nitrogens is 2. The van der Waals surface area contributed by atoms with E-state index in [-0.39, 0.29) is 6.10 Å². The Morgan fingerprint density at radius 1 is 1.04 bits per heavy atom. The molecule has 0 saturated heterocycles. The fourth-order valence-corrected chi connectivity index (χ4v) is 3.33. The average molecular weight is 379 g/mol. The van der Waals surface area contributed by atoms with Crippen molar-refractivity contribution in [3.63, 3.8) is 0 Å². The zero-order chi connectivity index (χ0) is 19.2. The van der Waals surface area contributed by atoms with E-state index in [1.54, 1.807) is 0 Å². The topological polar surface area (TPSA) is 60.6 Å². The van der Waals surface area contributed by atoms with Gasteiger partial charge in [-0.2, -0.15) is 4.98 Å². The van der Waals surface area contributed by atoms with Gasteiger partial charge in [0.05, 0.1) is 0 Å². The van der Waals surface area contributed by atoms with Crippen LogP contribution in [0.3, 0.4) is 0 Å². The first-order valence-electron chi connectivity index (χ1n) is 9.80. The van der Waals surface area contributed by atoms with Crippen LogP contribution in [0.15, 0.2) is 59.1 Å². The number of ether oxygens (including phenoxy) is 2. The van der Waals surface area contributed by atoms with Crippen LogP contribution in [-0.4, -0.2) is 47.4 Å². The third-order valence-electron chi connectivity index (χ3n) is 4.84. The highest BCUT2D eigenvalue weighted by atomic mass is 16.6. The fourth-order valence-electron chi connectivity index (χ4n) is 3.33. The highest BCUT2D eigenvalue weighted by Gasteiger charge is 2.22. The predicted octanol–water partition coefficient (Wildman–Crippen LogP) is 3.83. The lowest BCUT2D eigenvalue weighted by atomic mass is 10.2. The summed E-state index contributed by atoms with van der Waals surface area (Å²) in [6.45, 7) is 5.49. The summed E-state index contributed by atoms with van der Waals surface area (Å²) in [4.78, 5) is 6.87. The summed E-state index contributed by atoms with van der Waals surface area (Å²) >= 11 is 0. The molecular weight excluding hydrogens is 354 g/mol. The molecule has 0 saturated carbocycles. The van der Waals surface area contributed by atoms with Crippen molar-refractivity contribution in [2.75, 3.05) is 26.2 Å². The Balaban J connectivity index is 1.26. The van der Waals surface area contributed by atoms with Gasteiger partial charge in [0.25, 0.3) is 0 Å². The Kier molecular flexibility index (Phi) is 5.87. The van der Waals surface area contributed by atoms with Gasteiger partial charge in [-0.15, -0.1) is 0 Å². The minimum absolute atomic E-state index is 0.0444. The maximum absolute atomic E-state index is 6.07. The molecule has 2 heterocycles. The largest absolute Gasteiger partial charge is 0.486 e. The van der Waals surface area contributed by atoms with Crippen molar-refractivity contribution in [3.8, 4) is 22.9 Å². The third-order valence-corrected chi connectivity index (χ3v) is 4.84. The van der Waals surface area contributed by atoms with Crippen LogP contribution >= 0.6 is 0 Å². The Morgan fingerprint density at radius 2 is 1.82 bits per heavy atom. The van der Waals surface area contributed by atoms with Gasteiger partial charge in [-0.1, -0.05) is 54.5 Å². The van der Waals surface area contributed by atoms with Crippen molar-refractivity contribution in [1.82, 2.24) is 15.0 Å². The summed E-state index contributed by atoms with van der Waals surface area (Å²) in [5.74, 6) is 2.98. The van der Waals surface area contributed by atoms with Crippen LogP contribution in [0, 0.1) is 0 Å². The second kappa shape index (κ2) is 8.89. The molecule has 2 aromatic carbocycles. The second-order valence-corrected chi connectivity index (χ2v) is 6.87. The molecule has 1 aliphatic heterocycles. The smallest absolute Gasteiger partial charge is 0.227 e. The number of para-hydroxylation sites is 2. The molecule has 0 fully saturated rings. The molecule has 1 atom stereocenters. The van der Waals surface area contributed by atoms with Gasteiger partial charge in [0.15, 0.2) is 11.5 Å². The van der Waals surface area contributed by atoms with Gasteiger partial charge in [-0.05, 0) is 31.6 Å². The lowest BCUT2D eigenvalue weighted by molar-refractivity contribution is 0.0596. The fraction of sp³-hybridized carbons (Fsp3) is 0.364. The van der Waals surface area contributed by atoms with E-state index in [4.69, 9.17) is 14.0 Å². The lowest BCUT2D eigenvalue weighted by Gasteiger charge is -2.30. The highest BCUT2D eigenvalue weighted by molar-refractivity contribution is 5.53. The molecule has 0 aliphatic carbocycles. The molecule has 1 aromatic heterocycles. The van der Waals surface area contributed by atoms with Gasteiger partial charge in [-0.3, -0.25) is 4.90 Å². The molecule has 4 rings (SSSR count). The van der Waals surface area contributed by atoms with Gasteiger partial charge in [0.2, 0.25) is 11.7 Å². The number of fused-ring (bicyclic) bond motifs is 1. The zero-order valence-corrected chi connectivity index (χ0v) is 16.1. The summed E-state index contributed by atoms with van der Waals surface area (Å²) in [6.07, 6.45) is 1.76. The Hall–Kier alpha value is -2.86. The number of likely N-dealkylation sites (N-methyl/N-ethyl adjacent to an activating group) is 1. The predicted molar refractivity (Wildman–Crippen MR) is 107 cm³/mol. The minimum Gasteiger partial charge on any atom is -0.486 e. The molecule has 28 heavy (non-hydrogen) atoms. The maximum Gasteiger partial charge on any atom is 0.227 e. The first-order valence-corrected chi connectivity index (χ1v) is 9.80. The van der Waals surface area contributed by atoms with Crippen molar-refractivity contribution >= 4 is 0 Å². The van der Waals surface area contributed by atoms with E-state index in [2.05, 4.69) is 22.0 Å². The number of rotatable bonds is 8. The van der Waals surface area contributed by atoms with Gasteiger partial charge in [0.1, 0.15) is 12.7 Å². The molecule has 0 bridgehead atoms. The van der Waals surface area contributed by atoms with Crippen LogP contribution in [0.4, 0.5) is 0 Å². The monoisotopic (exact) mass is 379 g/mol. The molecule has 3 aromatic rings. The Labute approximate surface area is 165 Å². The standard InChI is InChI=1S/C22H25N3O3/c1-2-25(15-18-16-26-19-11-6-7-12-20(19)27-18)14-8-13-21-23-22(24-28-21)17-9-4-3-5-10-17/h3-7,9-12,18H,2,8,13-16H2,1H3. The molecule has 0 amide bonds. The van der Waals surface area contributed by atoms with Gasteiger partial charge in [0, 0.05) is 18.5 Å². The van der Waals surface area contributed by atoms with Crippen LogP contribution < -0.4 is 9.47 Å². The number of hydrogen-bond donors (Lipinski definition) is 0. The van der Waals surface area contributed by atoms with Crippen LogP contribution in [0.25, 0.3) is 11.4 Å². The Morgan fingerprint density at radius 3 is 2.64 bits per heavy atom. The van der Waals surface area contributed by atoms with Crippen LogP contribution in [0.5, 0.6) is 11.5 Å². The summed E-state index contributed by atoms with van der Waals surface area (Å²) in [5.41, 5.74) is 0.974. The van der Waals surface area contributed by atoms with E-state index in [0.29, 0.717) is 18.3 Å². The Bertz CT molecular complexity index is 881. The van der Waals surface area contributed by atoms with E-state index < -0.39 is 0 Å². The molecular formula is C22H25N3O3. The molecule has 0 radical (unpaired) electrons. The maximum atomic E-state index is 6.07. The van der Waals surface area contributed by atoms with Crippen LogP contribution in [0.1, 0.15) is 19.2 Å². The van der Waals surface area contributed by atoms with Crippen molar-refractivity contribution in [2.24, 2.45) is 0 Å². The molecule has 1 aliphatic rings. The highest BCUT2D eigenvalue weighted by Crippen LogP contribution is 2.31. The minimum atomic E-state index is 0.0444. The molecule has 6 nitrogen and oxygen atoms in total. The first-order chi connectivity index (χ1) is 13.8. The van der Waals surface area contributed by atoms with E-state index in [9.17, 15) is 0 Å². The van der Waals surface area contributed by atoms with Crippen molar-refractivity contribution in [1.29, 1.82) is 0 Å². The van der Waals surface area contributed by atoms with E-state index >= 15 is 0 Å². The second-order valence-electron chi connectivity index (χ2n) is 6.87. The van der Waals surface area contributed by atoms with Gasteiger partial charge in [-0.25, -0.2) is 0 Å². The summed E-state index contributed by atoms with van der Waals surface area (Å²) in [6, 6.07) is 17.7. The molecule has 0 N–H and O–H groups in total. The van der Waals surface area contributed by atoms with Crippen molar-refractivity contribution in [2.45, 2.75) is 25.9 Å². The SMILES string of the molecule is CCN(CCCc1nc(-c2ccccc2)no1)CC1COc2ccccc2O1. The lowest BCUT2D eigenvalue weighted by Crippen LogP contribution is -2.41. The van der Waals surface area contributed by atoms with Crippen molar-refractivity contribution < 1.29 is 14.0 Å². The number of benzene rings is 2. The van der Waals surface area contributed by atoms with Crippen LogP contribution in [0.2, 0.25) is 0 Å². The zero-order valence-electron chi connectivity index (χ0n) is 16.1. The molecule has 146 valence electrons. The average Bonchev–Trinajstić information content (AvgIpc) is 3.22. The van der Waals surface area contributed by atoms with Gasteiger partial charge >= 0.3 is 0 Å². The van der Waals surface area contributed by atoms with E-state index in [1.165, 1.54) is 0 Å².